The van der Waals surface area contributed by atoms with Crippen molar-refractivity contribution in [2.24, 2.45) is 0 Å². The van der Waals surface area contributed by atoms with E-state index in [0.717, 1.165) is 10.9 Å². The Bertz CT molecular complexity index is 725. The van der Waals surface area contributed by atoms with Gasteiger partial charge in [0.2, 0.25) is 0 Å². The highest BCUT2D eigenvalue weighted by Gasteiger charge is 2.08. The standard InChI is InChI=1S/C14H12N4O/c1-9-7-17-14(18-8-9)19-12-5-4-11(15)10-3-2-6-16-13(10)12/h2-8H,15H2,1H3. The van der Waals surface area contributed by atoms with E-state index < -0.39 is 0 Å². The number of fused-ring (bicyclic) bond motifs is 1. The van der Waals surface area contributed by atoms with Gasteiger partial charge in [-0.1, -0.05) is 0 Å². The van der Waals surface area contributed by atoms with Crippen LogP contribution in [0, 0.1) is 6.92 Å². The van der Waals surface area contributed by atoms with E-state index in [1.807, 2.05) is 19.1 Å². The summed E-state index contributed by atoms with van der Waals surface area (Å²) in [6, 6.07) is 7.59. The smallest absolute Gasteiger partial charge is 0.321 e. The quantitative estimate of drug-likeness (QED) is 0.710. The van der Waals surface area contributed by atoms with Crippen LogP contribution < -0.4 is 10.5 Å². The molecule has 2 N–H and O–H groups in total. The highest BCUT2D eigenvalue weighted by atomic mass is 16.5. The summed E-state index contributed by atoms with van der Waals surface area (Å²) in [5.74, 6) is 0.591. The number of nitrogens with zero attached hydrogens (tertiary/aromatic N) is 3. The Kier molecular flexibility index (Phi) is 2.72. The van der Waals surface area contributed by atoms with Crippen molar-refractivity contribution in [1.82, 2.24) is 15.0 Å². The average Bonchev–Trinajstić information content (AvgIpc) is 2.45. The van der Waals surface area contributed by atoms with E-state index in [2.05, 4.69) is 15.0 Å². The van der Waals surface area contributed by atoms with Gasteiger partial charge in [0.1, 0.15) is 5.52 Å². The molecule has 0 aliphatic rings. The summed E-state index contributed by atoms with van der Waals surface area (Å²) >= 11 is 0. The van der Waals surface area contributed by atoms with Crippen LogP contribution in [-0.2, 0) is 0 Å². The van der Waals surface area contributed by atoms with Crippen LogP contribution in [-0.4, -0.2) is 15.0 Å². The van der Waals surface area contributed by atoms with E-state index >= 15 is 0 Å². The second kappa shape index (κ2) is 4.53. The lowest BCUT2D eigenvalue weighted by molar-refractivity contribution is 0.445. The molecular weight excluding hydrogens is 240 g/mol. The van der Waals surface area contributed by atoms with Crippen molar-refractivity contribution in [2.45, 2.75) is 6.92 Å². The molecule has 94 valence electrons. The zero-order valence-corrected chi connectivity index (χ0v) is 10.4. The van der Waals surface area contributed by atoms with Crippen LogP contribution in [0.4, 0.5) is 5.69 Å². The largest absolute Gasteiger partial charge is 0.422 e. The molecule has 19 heavy (non-hydrogen) atoms. The van der Waals surface area contributed by atoms with Crippen LogP contribution in [0.3, 0.4) is 0 Å². The zero-order valence-electron chi connectivity index (χ0n) is 10.4. The molecule has 0 aliphatic carbocycles. The third kappa shape index (κ3) is 2.18. The van der Waals surface area contributed by atoms with E-state index in [4.69, 9.17) is 10.5 Å². The summed E-state index contributed by atoms with van der Waals surface area (Å²) in [4.78, 5) is 12.5. The van der Waals surface area contributed by atoms with Gasteiger partial charge in [0.25, 0.3) is 0 Å². The van der Waals surface area contributed by atoms with Crippen molar-refractivity contribution in [1.29, 1.82) is 0 Å². The SMILES string of the molecule is Cc1cnc(Oc2ccc(N)c3cccnc23)nc1. The maximum atomic E-state index is 5.91. The zero-order chi connectivity index (χ0) is 13.2. The van der Waals surface area contributed by atoms with Gasteiger partial charge in [-0.05, 0) is 36.8 Å². The van der Waals surface area contributed by atoms with Crippen LogP contribution in [0.2, 0.25) is 0 Å². The molecule has 0 spiro atoms. The van der Waals surface area contributed by atoms with Crippen molar-refractivity contribution >= 4 is 16.6 Å². The summed E-state index contributed by atoms with van der Waals surface area (Å²) in [7, 11) is 0. The molecule has 0 saturated carbocycles. The minimum Gasteiger partial charge on any atom is -0.422 e. The molecule has 0 aliphatic heterocycles. The molecule has 0 bridgehead atoms. The Morgan fingerprint density at radius 1 is 1.05 bits per heavy atom. The Hall–Kier alpha value is -2.69. The van der Waals surface area contributed by atoms with Crippen LogP contribution in [0.5, 0.6) is 11.8 Å². The van der Waals surface area contributed by atoms with Gasteiger partial charge in [-0.3, -0.25) is 4.98 Å². The van der Waals surface area contributed by atoms with E-state index in [1.54, 1.807) is 30.7 Å². The second-order valence-corrected chi connectivity index (χ2v) is 4.20. The fraction of sp³-hybridized carbons (Fsp3) is 0.0714. The van der Waals surface area contributed by atoms with Gasteiger partial charge < -0.3 is 10.5 Å². The first-order valence-corrected chi connectivity index (χ1v) is 5.84. The van der Waals surface area contributed by atoms with Crippen molar-refractivity contribution < 1.29 is 4.74 Å². The lowest BCUT2D eigenvalue weighted by Crippen LogP contribution is -1.95. The number of anilines is 1. The second-order valence-electron chi connectivity index (χ2n) is 4.20. The normalized spacial score (nSPS) is 10.6. The summed E-state index contributed by atoms with van der Waals surface area (Å²) in [6.07, 6.45) is 5.11. The maximum Gasteiger partial charge on any atom is 0.321 e. The van der Waals surface area contributed by atoms with Gasteiger partial charge in [0.15, 0.2) is 5.75 Å². The lowest BCUT2D eigenvalue weighted by atomic mass is 10.2. The maximum absolute atomic E-state index is 5.91. The highest BCUT2D eigenvalue weighted by Crippen LogP contribution is 2.30. The molecule has 0 saturated heterocycles. The molecule has 2 heterocycles. The Balaban J connectivity index is 2.06. The van der Waals surface area contributed by atoms with Crippen LogP contribution in [0.15, 0.2) is 42.9 Å². The number of aryl methyl sites for hydroxylation is 1. The molecule has 1 aromatic carbocycles. The number of hydrogen-bond acceptors (Lipinski definition) is 5. The summed E-state index contributed by atoms with van der Waals surface area (Å²) in [6.45, 7) is 1.92. The molecule has 0 fully saturated rings. The molecule has 3 aromatic rings. The number of nitrogen functional groups attached to an aromatic ring is 1. The Morgan fingerprint density at radius 2 is 1.84 bits per heavy atom. The number of nitrogens with two attached hydrogens (primary N) is 1. The lowest BCUT2D eigenvalue weighted by Gasteiger charge is -2.08. The minimum atomic E-state index is 0.294. The van der Waals surface area contributed by atoms with Gasteiger partial charge in [-0.2, -0.15) is 0 Å². The first kappa shape index (κ1) is 11.4. The van der Waals surface area contributed by atoms with Gasteiger partial charge in [-0.15, -0.1) is 0 Å². The van der Waals surface area contributed by atoms with E-state index in [9.17, 15) is 0 Å². The van der Waals surface area contributed by atoms with Crippen molar-refractivity contribution in [3.63, 3.8) is 0 Å². The van der Waals surface area contributed by atoms with Gasteiger partial charge in [0.05, 0.1) is 0 Å². The van der Waals surface area contributed by atoms with Crippen LogP contribution in [0.1, 0.15) is 5.56 Å². The fourth-order valence-corrected chi connectivity index (χ4v) is 1.78. The fourth-order valence-electron chi connectivity index (χ4n) is 1.78. The first-order valence-electron chi connectivity index (χ1n) is 5.84. The minimum absolute atomic E-state index is 0.294. The number of hydrogen-bond donors (Lipinski definition) is 1. The number of benzene rings is 1. The molecule has 3 rings (SSSR count). The number of aromatic nitrogens is 3. The summed E-state index contributed by atoms with van der Waals surface area (Å²) in [5.41, 5.74) is 8.26. The number of rotatable bonds is 2. The first-order chi connectivity index (χ1) is 9.24. The van der Waals surface area contributed by atoms with Crippen LogP contribution >= 0.6 is 0 Å². The van der Waals surface area contributed by atoms with Gasteiger partial charge >= 0.3 is 6.01 Å². The summed E-state index contributed by atoms with van der Waals surface area (Å²) in [5, 5.41) is 0.854. The predicted octanol–water partition coefficient (Wildman–Crippen LogP) is 2.71. The van der Waals surface area contributed by atoms with Crippen LogP contribution in [0.25, 0.3) is 10.9 Å². The molecule has 2 aromatic heterocycles. The third-order valence-corrected chi connectivity index (χ3v) is 2.72. The Labute approximate surface area is 110 Å². The molecule has 0 atom stereocenters. The van der Waals surface area contributed by atoms with E-state index in [0.29, 0.717) is 23.0 Å². The third-order valence-electron chi connectivity index (χ3n) is 2.72. The highest BCUT2D eigenvalue weighted by molar-refractivity contribution is 5.94. The van der Waals surface area contributed by atoms with Crippen molar-refractivity contribution in [2.75, 3.05) is 5.73 Å². The van der Waals surface area contributed by atoms with E-state index in [-0.39, 0.29) is 0 Å². The van der Waals surface area contributed by atoms with Crippen molar-refractivity contribution in [3.05, 3.63) is 48.4 Å². The number of ether oxygens (including phenoxy) is 1. The monoisotopic (exact) mass is 252 g/mol. The molecule has 0 unspecified atom stereocenters. The van der Waals surface area contributed by atoms with Gasteiger partial charge in [-0.25, -0.2) is 9.97 Å². The topological polar surface area (TPSA) is 73.9 Å². The number of pyridine rings is 1. The molecule has 5 nitrogen and oxygen atoms in total. The molecule has 0 amide bonds. The molecular formula is C14H12N4O. The van der Waals surface area contributed by atoms with Gasteiger partial charge in [0, 0.05) is 29.7 Å². The molecule has 0 radical (unpaired) electrons. The Morgan fingerprint density at radius 3 is 2.63 bits per heavy atom. The average molecular weight is 252 g/mol. The summed E-state index contributed by atoms with van der Waals surface area (Å²) < 4.78 is 5.66. The predicted molar refractivity (Wildman–Crippen MR) is 73.0 cm³/mol. The van der Waals surface area contributed by atoms with E-state index in [1.165, 1.54) is 0 Å². The van der Waals surface area contributed by atoms with Crippen molar-refractivity contribution in [3.8, 4) is 11.8 Å². The molecule has 5 heteroatoms.